The normalized spacial score (nSPS) is 10.2. The average Bonchev–Trinajstić information content (AvgIpc) is 2.43. The highest BCUT2D eigenvalue weighted by Crippen LogP contribution is 2.17. The van der Waals surface area contributed by atoms with E-state index in [0.717, 1.165) is 0 Å². The van der Waals surface area contributed by atoms with Crippen molar-refractivity contribution in [1.82, 2.24) is 4.57 Å². The fourth-order valence-electron chi connectivity index (χ4n) is 1.75. The maximum absolute atomic E-state index is 12.1. The van der Waals surface area contributed by atoms with Crippen molar-refractivity contribution in [3.8, 4) is 5.75 Å². The van der Waals surface area contributed by atoms with Crippen LogP contribution in [0, 0.1) is 0 Å². The maximum Gasteiger partial charge on any atom is 0.251 e. The second-order valence-corrected chi connectivity index (χ2v) is 4.40. The Bertz CT molecular complexity index is 677. The molecule has 1 aromatic carbocycles. The number of amides is 1. The van der Waals surface area contributed by atoms with Crippen molar-refractivity contribution in [3.63, 3.8) is 0 Å². The molecule has 0 aliphatic heterocycles. The van der Waals surface area contributed by atoms with Crippen LogP contribution < -0.4 is 16.2 Å². The Hall–Kier alpha value is -2.76. The number of likely N-dealkylation sites (N-methyl/N-ethyl adjacent to an activating group) is 1. The Kier molecular flexibility index (Phi) is 3.74. The summed E-state index contributed by atoms with van der Waals surface area (Å²) >= 11 is 0. The molecule has 2 aromatic rings. The molecule has 6 heteroatoms. The van der Waals surface area contributed by atoms with Gasteiger partial charge in [-0.15, -0.1) is 0 Å². The van der Waals surface area contributed by atoms with Crippen molar-refractivity contribution in [2.75, 3.05) is 17.7 Å². The average molecular weight is 273 g/mol. The SMILES string of the molecule is CN(C(=O)Cn1cc(N)ccc1=O)c1ccc(O)cc1. The van der Waals surface area contributed by atoms with Crippen molar-refractivity contribution in [3.05, 3.63) is 52.9 Å². The largest absolute Gasteiger partial charge is 0.508 e. The molecule has 6 nitrogen and oxygen atoms in total. The van der Waals surface area contributed by atoms with Gasteiger partial charge in [0.15, 0.2) is 0 Å². The van der Waals surface area contributed by atoms with Gasteiger partial charge >= 0.3 is 0 Å². The molecule has 0 spiro atoms. The first kappa shape index (κ1) is 13.7. The number of phenolic OH excluding ortho intramolecular Hbond substituents is 1. The highest BCUT2D eigenvalue weighted by Gasteiger charge is 2.12. The monoisotopic (exact) mass is 273 g/mol. The summed E-state index contributed by atoms with van der Waals surface area (Å²) in [6, 6.07) is 9.04. The molecule has 0 saturated carbocycles. The lowest BCUT2D eigenvalue weighted by molar-refractivity contribution is -0.118. The van der Waals surface area contributed by atoms with E-state index < -0.39 is 0 Å². The summed E-state index contributed by atoms with van der Waals surface area (Å²) < 4.78 is 1.26. The van der Waals surface area contributed by atoms with E-state index in [-0.39, 0.29) is 23.8 Å². The second-order valence-electron chi connectivity index (χ2n) is 4.40. The van der Waals surface area contributed by atoms with Crippen LogP contribution >= 0.6 is 0 Å². The molecular weight excluding hydrogens is 258 g/mol. The minimum absolute atomic E-state index is 0.0960. The first-order valence-electron chi connectivity index (χ1n) is 5.99. The summed E-state index contributed by atoms with van der Waals surface area (Å²) in [4.78, 5) is 25.2. The molecule has 1 heterocycles. The minimum Gasteiger partial charge on any atom is -0.508 e. The van der Waals surface area contributed by atoms with E-state index in [9.17, 15) is 14.7 Å². The third-order valence-corrected chi connectivity index (χ3v) is 2.92. The van der Waals surface area contributed by atoms with E-state index in [2.05, 4.69) is 0 Å². The number of benzene rings is 1. The number of phenols is 1. The highest BCUT2D eigenvalue weighted by molar-refractivity contribution is 5.92. The quantitative estimate of drug-likeness (QED) is 0.865. The van der Waals surface area contributed by atoms with Crippen LogP contribution in [0.4, 0.5) is 11.4 Å². The molecule has 0 aliphatic rings. The Morgan fingerprint density at radius 1 is 1.25 bits per heavy atom. The lowest BCUT2D eigenvalue weighted by atomic mass is 10.3. The Balaban J connectivity index is 2.17. The van der Waals surface area contributed by atoms with Crippen LogP contribution in [0.25, 0.3) is 0 Å². The zero-order chi connectivity index (χ0) is 14.7. The van der Waals surface area contributed by atoms with Crippen LogP contribution in [0.5, 0.6) is 5.75 Å². The summed E-state index contributed by atoms with van der Waals surface area (Å²) in [6.45, 7) is -0.0960. The van der Waals surface area contributed by atoms with Crippen LogP contribution in [0.15, 0.2) is 47.4 Å². The van der Waals surface area contributed by atoms with Crippen molar-refractivity contribution < 1.29 is 9.90 Å². The first-order chi connectivity index (χ1) is 9.47. The number of nitrogens with zero attached hydrogens (tertiary/aromatic N) is 2. The fraction of sp³-hybridized carbons (Fsp3) is 0.143. The molecule has 104 valence electrons. The number of aromatic hydroxyl groups is 1. The van der Waals surface area contributed by atoms with Gasteiger partial charge in [-0.3, -0.25) is 9.59 Å². The summed E-state index contributed by atoms with van der Waals surface area (Å²) in [6.07, 6.45) is 1.44. The topological polar surface area (TPSA) is 88.6 Å². The molecule has 1 amide bonds. The van der Waals surface area contributed by atoms with Crippen molar-refractivity contribution in [2.45, 2.75) is 6.54 Å². The fourth-order valence-corrected chi connectivity index (χ4v) is 1.75. The van der Waals surface area contributed by atoms with Gasteiger partial charge in [0.1, 0.15) is 12.3 Å². The van der Waals surface area contributed by atoms with Gasteiger partial charge in [0.05, 0.1) is 0 Å². The van der Waals surface area contributed by atoms with Gasteiger partial charge in [-0.1, -0.05) is 0 Å². The van der Waals surface area contributed by atoms with E-state index in [1.807, 2.05) is 0 Å². The summed E-state index contributed by atoms with van der Waals surface area (Å²) in [5, 5.41) is 9.22. The van der Waals surface area contributed by atoms with Crippen LogP contribution in [0.3, 0.4) is 0 Å². The Labute approximate surface area is 115 Å². The molecule has 0 radical (unpaired) electrons. The maximum atomic E-state index is 12.1. The summed E-state index contributed by atoms with van der Waals surface area (Å²) in [5.41, 5.74) is 6.36. The first-order valence-corrected chi connectivity index (χ1v) is 5.99. The van der Waals surface area contributed by atoms with Crippen molar-refractivity contribution in [1.29, 1.82) is 0 Å². The summed E-state index contributed by atoms with van der Waals surface area (Å²) in [5.74, 6) is -0.134. The molecule has 1 aromatic heterocycles. The molecule has 0 saturated heterocycles. The number of pyridine rings is 1. The van der Waals surface area contributed by atoms with Crippen LogP contribution in [-0.4, -0.2) is 22.6 Å². The van der Waals surface area contributed by atoms with Crippen LogP contribution in [0.1, 0.15) is 0 Å². The van der Waals surface area contributed by atoms with E-state index in [4.69, 9.17) is 5.73 Å². The summed E-state index contributed by atoms with van der Waals surface area (Å²) in [7, 11) is 1.60. The van der Waals surface area contributed by atoms with Gasteiger partial charge in [0, 0.05) is 30.7 Å². The van der Waals surface area contributed by atoms with E-state index in [1.165, 1.54) is 39.9 Å². The lowest BCUT2D eigenvalue weighted by Crippen LogP contribution is -2.33. The van der Waals surface area contributed by atoms with E-state index in [0.29, 0.717) is 11.4 Å². The third kappa shape index (κ3) is 2.97. The molecule has 0 aliphatic carbocycles. The number of aromatic nitrogens is 1. The molecule has 0 unspecified atom stereocenters. The number of anilines is 2. The molecule has 20 heavy (non-hydrogen) atoms. The molecule has 3 N–H and O–H groups in total. The predicted octanol–water partition coefficient (Wildman–Crippen LogP) is 0.799. The number of carbonyl (C=O) groups is 1. The van der Waals surface area contributed by atoms with Crippen molar-refractivity contribution in [2.24, 2.45) is 0 Å². The van der Waals surface area contributed by atoms with Gasteiger partial charge in [0.2, 0.25) is 5.91 Å². The minimum atomic E-state index is -0.286. The third-order valence-electron chi connectivity index (χ3n) is 2.92. The van der Waals surface area contributed by atoms with Gasteiger partial charge in [0.25, 0.3) is 5.56 Å². The molecule has 2 rings (SSSR count). The number of hydrogen-bond donors (Lipinski definition) is 2. The molecular formula is C14H15N3O3. The van der Waals surface area contributed by atoms with Gasteiger partial charge < -0.3 is 20.3 Å². The number of nitrogen functional groups attached to an aromatic ring is 1. The van der Waals surface area contributed by atoms with Gasteiger partial charge in [-0.2, -0.15) is 0 Å². The number of carbonyl (C=O) groups excluding carboxylic acids is 1. The van der Waals surface area contributed by atoms with Crippen molar-refractivity contribution >= 4 is 17.3 Å². The van der Waals surface area contributed by atoms with E-state index in [1.54, 1.807) is 19.2 Å². The predicted molar refractivity (Wildman–Crippen MR) is 76.6 cm³/mol. The standard InChI is InChI=1S/C14H15N3O3/c1-16(11-3-5-12(18)6-4-11)14(20)9-17-8-10(15)2-7-13(17)19/h2-8,18H,9,15H2,1H3. The highest BCUT2D eigenvalue weighted by atomic mass is 16.3. The van der Waals surface area contributed by atoms with E-state index >= 15 is 0 Å². The number of hydrogen-bond acceptors (Lipinski definition) is 4. The number of nitrogens with two attached hydrogens (primary N) is 1. The molecule has 0 atom stereocenters. The van der Waals surface area contributed by atoms with Crippen LogP contribution in [0.2, 0.25) is 0 Å². The zero-order valence-electron chi connectivity index (χ0n) is 11.0. The molecule has 0 fully saturated rings. The van der Waals surface area contributed by atoms with Gasteiger partial charge in [-0.05, 0) is 30.3 Å². The second kappa shape index (κ2) is 5.48. The van der Waals surface area contributed by atoms with Crippen LogP contribution in [-0.2, 0) is 11.3 Å². The van der Waals surface area contributed by atoms with Gasteiger partial charge in [-0.25, -0.2) is 0 Å². The lowest BCUT2D eigenvalue weighted by Gasteiger charge is -2.18. The molecule has 0 bridgehead atoms. The number of rotatable bonds is 3. The zero-order valence-corrected chi connectivity index (χ0v) is 11.0. The Morgan fingerprint density at radius 2 is 1.90 bits per heavy atom. The Morgan fingerprint density at radius 3 is 2.55 bits per heavy atom. The smallest absolute Gasteiger partial charge is 0.251 e.